The van der Waals surface area contributed by atoms with Crippen LogP contribution in [0.5, 0.6) is 0 Å². The van der Waals surface area contributed by atoms with Crippen LogP contribution in [-0.4, -0.2) is 53.0 Å². The van der Waals surface area contributed by atoms with E-state index in [1.807, 2.05) is 0 Å². The first-order valence-corrected chi connectivity index (χ1v) is 10.3. The Balaban J connectivity index is 0.00000265. The number of benzene rings is 1. The van der Waals surface area contributed by atoms with E-state index in [9.17, 15) is 24.9 Å². The van der Waals surface area contributed by atoms with Crippen molar-refractivity contribution in [1.82, 2.24) is 10.3 Å². The second-order valence-corrected chi connectivity index (χ2v) is 6.58. The van der Waals surface area contributed by atoms with Crippen LogP contribution >= 0.6 is 0 Å². The summed E-state index contributed by atoms with van der Waals surface area (Å²) in [7, 11) is 2.98. The monoisotopic (exact) mass is 460 g/mol. The highest BCUT2D eigenvalue weighted by Gasteiger charge is 2.25. The van der Waals surface area contributed by atoms with Crippen molar-refractivity contribution in [3.8, 4) is 11.1 Å². The SMILES string of the molecule is C=C.CCOC(=O)c1[nH]c(CNC)c(-c2ccc(CO)c(CO)c2CO)c1/C=C/C(=O)OC. The Morgan fingerprint density at radius 3 is 2.30 bits per heavy atom. The molecule has 0 aliphatic heterocycles. The van der Waals surface area contributed by atoms with Gasteiger partial charge in [0.1, 0.15) is 5.69 Å². The number of aliphatic hydroxyl groups excluding tert-OH is 3. The molecule has 0 bridgehead atoms. The van der Waals surface area contributed by atoms with Crippen LogP contribution in [0.15, 0.2) is 31.4 Å². The Morgan fingerprint density at radius 1 is 1.12 bits per heavy atom. The standard InChI is InChI=1S/C22H28N2O7.C2H4/c1-4-31-22(29)21-15(7-8-19(28)30-3)20(18(24-21)9-23-2)14-6-5-13(10-25)16(11-26)17(14)12-27;1-2/h5-8,23-27H,4,9-12H2,1-3H3;1-2H2/b8-7+;. The van der Waals surface area contributed by atoms with Crippen molar-refractivity contribution < 1.29 is 34.4 Å². The van der Waals surface area contributed by atoms with Gasteiger partial charge in [-0.05, 0) is 42.3 Å². The molecule has 2 aromatic rings. The van der Waals surface area contributed by atoms with Gasteiger partial charge in [-0.15, -0.1) is 13.2 Å². The number of H-pyrrole nitrogens is 1. The van der Waals surface area contributed by atoms with Gasteiger partial charge in [0.2, 0.25) is 0 Å². The van der Waals surface area contributed by atoms with E-state index in [1.54, 1.807) is 26.1 Å². The summed E-state index contributed by atoms with van der Waals surface area (Å²) in [6.07, 6.45) is 2.63. The number of hydrogen-bond acceptors (Lipinski definition) is 8. The van der Waals surface area contributed by atoms with Crippen molar-refractivity contribution in [2.45, 2.75) is 33.3 Å². The summed E-state index contributed by atoms with van der Waals surface area (Å²) >= 11 is 0. The molecular formula is C24H32N2O7. The van der Waals surface area contributed by atoms with E-state index < -0.39 is 18.5 Å². The summed E-state index contributed by atoms with van der Waals surface area (Å²) < 4.78 is 9.83. The fraction of sp³-hybridized carbons (Fsp3) is 0.333. The molecule has 0 fully saturated rings. The van der Waals surface area contributed by atoms with Crippen LogP contribution in [0.25, 0.3) is 17.2 Å². The zero-order valence-corrected chi connectivity index (χ0v) is 19.2. The molecule has 0 unspecified atom stereocenters. The lowest BCUT2D eigenvalue weighted by molar-refractivity contribution is -0.134. The quantitative estimate of drug-likeness (QED) is 0.206. The third-order valence-electron chi connectivity index (χ3n) is 4.82. The molecule has 33 heavy (non-hydrogen) atoms. The van der Waals surface area contributed by atoms with Gasteiger partial charge in [0.05, 0.1) is 33.5 Å². The molecule has 0 saturated carbocycles. The molecule has 9 nitrogen and oxygen atoms in total. The van der Waals surface area contributed by atoms with E-state index in [1.165, 1.54) is 19.3 Å². The number of aliphatic hydroxyl groups is 3. The van der Waals surface area contributed by atoms with Crippen LogP contribution in [0.1, 0.15) is 45.4 Å². The smallest absolute Gasteiger partial charge is 0.355 e. The fourth-order valence-corrected chi connectivity index (χ4v) is 3.44. The third kappa shape index (κ3) is 6.39. The first-order chi connectivity index (χ1) is 16.0. The van der Waals surface area contributed by atoms with E-state index >= 15 is 0 Å². The summed E-state index contributed by atoms with van der Waals surface area (Å²) in [5, 5.41) is 32.6. The number of carbonyl (C=O) groups is 2. The van der Waals surface area contributed by atoms with Crippen molar-refractivity contribution in [2.75, 3.05) is 20.8 Å². The molecule has 0 aliphatic carbocycles. The van der Waals surface area contributed by atoms with Gasteiger partial charge < -0.3 is 35.1 Å². The molecular weight excluding hydrogens is 428 g/mol. The van der Waals surface area contributed by atoms with Crippen molar-refractivity contribution in [3.05, 3.63) is 65.0 Å². The molecule has 0 aliphatic rings. The predicted molar refractivity (Wildman–Crippen MR) is 125 cm³/mol. The Morgan fingerprint density at radius 2 is 1.79 bits per heavy atom. The number of aromatic nitrogens is 1. The van der Waals surface area contributed by atoms with Crippen molar-refractivity contribution in [1.29, 1.82) is 0 Å². The topological polar surface area (TPSA) is 141 Å². The maximum atomic E-state index is 12.6. The molecule has 2 rings (SSSR count). The second-order valence-electron chi connectivity index (χ2n) is 6.58. The van der Waals surface area contributed by atoms with Gasteiger partial charge in [-0.2, -0.15) is 0 Å². The molecule has 0 amide bonds. The molecule has 5 N–H and O–H groups in total. The molecule has 1 aromatic carbocycles. The molecule has 1 heterocycles. The van der Waals surface area contributed by atoms with Crippen LogP contribution in [0.2, 0.25) is 0 Å². The number of hydrogen-bond donors (Lipinski definition) is 5. The van der Waals surface area contributed by atoms with E-state index in [-0.39, 0.29) is 25.5 Å². The Hall–Kier alpha value is -3.24. The summed E-state index contributed by atoms with van der Waals surface area (Å²) in [4.78, 5) is 27.4. The molecule has 0 spiro atoms. The normalized spacial score (nSPS) is 10.6. The highest BCUT2D eigenvalue weighted by Crippen LogP contribution is 2.37. The van der Waals surface area contributed by atoms with Crippen LogP contribution in [0, 0.1) is 0 Å². The maximum absolute atomic E-state index is 12.6. The zero-order valence-electron chi connectivity index (χ0n) is 19.2. The minimum absolute atomic E-state index is 0.142. The van der Waals surface area contributed by atoms with Crippen LogP contribution in [0.3, 0.4) is 0 Å². The van der Waals surface area contributed by atoms with Gasteiger partial charge in [0.15, 0.2) is 0 Å². The minimum Gasteiger partial charge on any atom is -0.466 e. The largest absolute Gasteiger partial charge is 0.466 e. The Kier molecular flexibility index (Phi) is 11.8. The van der Waals surface area contributed by atoms with Crippen molar-refractivity contribution in [2.24, 2.45) is 0 Å². The van der Waals surface area contributed by atoms with Gasteiger partial charge in [-0.3, -0.25) is 0 Å². The average Bonchev–Trinajstić information content (AvgIpc) is 3.20. The highest BCUT2D eigenvalue weighted by atomic mass is 16.5. The lowest BCUT2D eigenvalue weighted by atomic mass is 9.90. The predicted octanol–water partition coefficient (Wildman–Crippen LogP) is 2.04. The Labute approximate surface area is 193 Å². The van der Waals surface area contributed by atoms with Gasteiger partial charge in [0, 0.05) is 29.4 Å². The first kappa shape index (κ1) is 27.8. The van der Waals surface area contributed by atoms with Crippen LogP contribution in [-0.2, 0) is 40.6 Å². The van der Waals surface area contributed by atoms with Crippen LogP contribution in [0.4, 0.5) is 0 Å². The summed E-state index contributed by atoms with van der Waals surface area (Å²) in [6, 6.07) is 3.34. The van der Waals surface area contributed by atoms with Gasteiger partial charge in [-0.25, -0.2) is 9.59 Å². The summed E-state index contributed by atoms with van der Waals surface area (Å²) in [5.41, 5.74) is 3.54. The first-order valence-electron chi connectivity index (χ1n) is 10.3. The number of methoxy groups -OCH3 is 1. The summed E-state index contributed by atoms with van der Waals surface area (Å²) in [5.74, 6) is -1.21. The Bertz CT molecular complexity index is 980. The third-order valence-corrected chi connectivity index (χ3v) is 4.82. The minimum atomic E-state index is -0.605. The molecule has 0 saturated heterocycles. The van der Waals surface area contributed by atoms with Crippen molar-refractivity contribution in [3.63, 3.8) is 0 Å². The molecule has 0 radical (unpaired) electrons. The van der Waals surface area contributed by atoms with Gasteiger partial charge in [-0.1, -0.05) is 12.1 Å². The van der Waals surface area contributed by atoms with E-state index in [0.29, 0.717) is 45.6 Å². The lowest BCUT2D eigenvalue weighted by Gasteiger charge is -2.17. The van der Waals surface area contributed by atoms with Gasteiger partial charge >= 0.3 is 11.9 Å². The van der Waals surface area contributed by atoms with E-state index in [0.717, 1.165) is 0 Å². The molecule has 0 atom stereocenters. The average molecular weight is 461 g/mol. The molecule has 9 heteroatoms. The van der Waals surface area contributed by atoms with Crippen LogP contribution < -0.4 is 5.32 Å². The van der Waals surface area contributed by atoms with E-state index in [4.69, 9.17) is 4.74 Å². The number of rotatable bonds is 10. The lowest BCUT2D eigenvalue weighted by Crippen LogP contribution is -2.09. The molecule has 180 valence electrons. The number of aromatic amines is 1. The second kappa shape index (κ2) is 14.0. The maximum Gasteiger partial charge on any atom is 0.355 e. The van der Waals surface area contributed by atoms with Crippen molar-refractivity contribution >= 4 is 18.0 Å². The van der Waals surface area contributed by atoms with Gasteiger partial charge in [0.25, 0.3) is 0 Å². The number of ether oxygens (including phenoxy) is 2. The number of carbonyl (C=O) groups excluding carboxylic acids is 2. The molecule has 1 aromatic heterocycles. The zero-order chi connectivity index (χ0) is 25.0. The number of esters is 2. The number of nitrogens with one attached hydrogen (secondary N) is 2. The summed E-state index contributed by atoms with van der Waals surface area (Å²) in [6.45, 7) is 7.10. The fourth-order valence-electron chi connectivity index (χ4n) is 3.44. The van der Waals surface area contributed by atoms with E-state index in [2.05, 4.69) is 28.2 Å². The highest BCUT2D eigenvalue weighted by molar-refractivity contribution is 5.99.